The van der Waals surface area contributed by atoms with Gasteiger partial charge in [0, 0.05) is 57.5 Å². The quantitative estimate of drug-likeness (QED) is 0.355. The maximum absolute atomic E-state index is 3.47. The summed E-state index contributed by atoms with van der Waals surface area (Å²) in [6, 6.07) is 25.1. The summed E-state index contributed by atoms with van der Waals surface area (Å²) >= 11 is 6.95. The van der Waals surface area contributed by atoms with E-state index in [2.05, 4.69) is 114 Å². The van der Waals surface area contributed by atoms with Crippen molar-refractivity contribution in [2.45, 2.75) is 0 Å². The molecule has 26 heavy (non-hydrogen) atoms. The van der Waals surface area contributed by atoms with Crippen LogP contribution < -0.4 is 9.13 Å². The van der Waals surface area contributed by atoms with Gasteiger partial charge in [-0.1, -0.05) is 31.9 Å². The van der Waals surface area contributed by atoms with Gasteiger partial charge in [-0.25, -0.2) is 0 Å². The molecule has 4 heteroatoms. The molecule has 0 fully saturated rings. The third-order valence-electron chi connectivity index (χ3n) is 4.24. The van der Waals surface area contributed by atoms with Gasteiger partial charge in [0.1, 0.15) is 0 Å². The van der Waals surface area contributed by atoms with E-state index >= 15 is 0 Å². The molecule has 0 saturated heterocycles. The number of rotatable bonds is 3. The minimum atomic E-state index is 1.09. The van der Waals surface area contributed by atoms with Gasteiger partial charge in [0.25, 0.3) is 0 Å². The van der Waals surface area contributed by atoms with E-state index in [0.717, 1.165) is 20.3 Å². The van der Waals surface area contributed by atoms with Crippen LogP contribution in [0.15, 0.2) is 107 Å². The van der Waals surface area contributed by atoms with Crippen LogP contribution in [-0.4, -0.2) is 0 Å². The summed E-state index contributed by atoms with van der Waals surface area (Å²) in [6.45, 7) is 0. The van der Waals surface area contributed by atoms with E-state index < -0.39 is 0 Å². The molecule has 4 aromatic rings. The minimum absolute atomic E-state index is 1.09. The molecular weight excluding hydrogens is 452 g/mol. The van der Waals surface area contributed by atoms with Crippen LogP contribution in [0.2, 0.25) is 0 Å². The van der Waals surface area contributed by atoms with Crippen molar-refractivity contribution in [1.29, 1.82) is 0 Å². The van der Waals surface area contributed by atoms with E-state index in [-0.39, 0.29) is 0 Å². The fourth-order valence-electron chi connectivity index (χ4n) is 2.81. The lowest BCUT2D eigenvalue weighted by molar-refractivity contribution is -0.596. The molecule has 0 bridgehead atoms. The van der Waals surface area contributed by atoms with E-state index in [9.17, 15) is 0 Å². The van der Waals surface area contributed by atoms with E-state index in [1.807, 2.05) is 24.3 Å². The van der Waals surface area contributed by atoms with Crippen LogP contribution in [0.25, 0.3) is 22.5 Å². The molecule has 126 valence electrons. The topological polar surface area (TPSA) is 7.76 Å². The highest BCUT2D eigenvalue weighted by atomic mass is 79.9. The average Bonchev–Trinajstić information content (AvgIpc) is 2.70. The van der Waals surface area contributed by atoms with Crippen LogP contribution >= 0.6 is 31.9 Å². The summed E-state index contributed by atoms with van der Waals surface area (Å²) in [5, 5.41) is 0. The van der Waals surface area contributed by atoms with Crippen LogP contribution in [0.5, 0.6) is 0 Å². The SMILES string of the molecule is Brc1ccc(-[n+]2ccc(-c3cc[n+](-c4ccc(Br)cc4)cc3)cc2)cc1. The van der Waals surface area contributed by atoms with Crippen LogP contribution in [-0.2, 0) is 0 Å². The number of hydrogen-bond donors (Lipinski definition) is 0. The van der Waals surface area contributed by atoms with E-state index in [4.69, 9.17) is 0 Å². The lowest BCUT2D eigenvalue weighted by Crippen LogP contribution is -2.29. The van der Waals surface area contributed by atoms with Gasteiger partial charge in [-0.3, -0.25) is 0 Å². The summed E-state index contributed by atoms with van der Waals surface area (Å²) in [5.74, 6) is 0. The highest BCUT2D eigenvalue weighted by molar-refractivity contribution is 9.10. The molecule has 0 spiro atoms. The Balaban J connectivity index is 1.57. The predicted molar refractivity (Wildman–Crippen MR) is 110 cm³/mol. The molecule has 0 radical (unpaired) electrons. The van der Waals surface area contributed by atoms with Crippen molar-refractivity contribution in [3.63, 3.8) is 0 Å². The molecule has 0 N–H and O–H groups in total. The number of halogens is 2. The Kier molecular flexibility index (Phi) is 4.96. The van der Waals surface area contributed by atoms with Crippen LogP contribution in [0, 0.1) is 0 Å². The van der Waals surface area contributed by atoms with Gasteiger partial charge in [-0.15, -0.1) is 0 Å². The van der Waals surface area contributed by atoms with Gasteiger partial charge in [-0.05, 0) is 35.4 Å². The van der Waals surface area contributed by atoms with Gasteiger partial charge in [0.2, 0.25) is 11.4 Å². The van der Waals surface area contributed by atoms with Gasteiger partial charge in [0.05, 0.1) is 0 Å². The molecule has 0 atom stereocenters. The monoisotopic (exact) mass is 466 g/mol. The van der Waals surface area contributed by atoms with E-state index in [1.54, 1.807) is 0 Å². The van der Waals surface area contributed by atoms with Gasteiger partial charge < -0.3 is 0 Å². The Labute approximate surface area is 169 Å². The number of hydrogen-bond acceptors (Lipinski definition) is 0. The Bertz CT molecular complexity index is 921. The third kappa shape index (κ3) is 3.76. The fourth-order valence-corrected chi connectivity index (χ4v) is 3.34. The molecule has 0 aliphatic rings. The van der Waals surface area contributed by atoms with E-state index in [0.29, 0.717) is 0 Å². The van der Waals surface area contributed by atoms with Crippen molar-refractivity contribution in [3.8, 4) is 22.5 Å². The Hall–Kier alpha value is -2.30. The second kappa shape index (κ2) is 7.52. The first-order chi connectivity index (χ1) is 12.7. The first kappa shape index (κ1) is 17.1. The summed E-state index contributed by atoms with van der Waals surface area (Å²) in [5.41, 5.74) is 4.67. The molecule has 0 amide bonds. The number of nitrogens with zero attached hydrogens (tertiary/aromatic N) is 2. The zero-order valence-corrected chi connectivity index (χ0v) is 17.1. The van der Waals surface area contributed by atoms with Gasteiger partial charge >= 0.3 is 0 Å². The number of pyridine rings is 2. The summed E-state index contributed by atoms with van der Waals surface area (Å²) in [6.07, 6.45) is 8.37. The molecule has 2 aromatic heterocycles. The smallest absolute Gasteiger partial charge is 0.167 e. The van der Waals surface area contributed by atoms with Crippen molar-refractivity contribution in [3.05, 3.63) is 107 Å². The van der Waals surface area contributed by atoms with Gasteiger partial charge in [-0.2, -0.15) is 9.13 Å². The van der Waals surface area contributed by atoms with Crippen LogP contribution in [0.3, 0.4) is 0 Å². The average molecular weight is 468 g/mol. The van der Waals surface area contributed by atoms with Gasteiger partial charge in [0.15, 0.2) is 24.8 Å². The summed E-state index contributed by atoms with van der Waals surface area (Å²) in [7, 11) is 0. The molecule has 0 aliphatic heterocycles. The largest absolute Gasteiger partial charge is 0.210 e. The maximum Gasteiger partial charge on any atom is 0.210 e. The van der Waals surface area contributed by atoms with Crippen LogP contribution in [0.4, 0.5) is 0 Å². The molecule has 2 aromatic carbocycles. The van der Waals surface area contributed by atoms with Crippen LogP contribution in [0.1, 0.15) is 0 Å². The lowest BCUT2D eigenvalue weighted by atomic mass is 10.1. The molecule has 2 nitrogen and oxygen atoms in total. The minimum Gasteiger partial charge on any atom is -0.167 e. The Morgan fingerprint density at radius 3 is 1.04 bits per heavy atom. The zero-order valence-electron chi connectivity index (χ0n) is 13.9. The summed E-state index contributed by atoms with van der Waals surface area (Å²) in [4.78, 5) is 0. The van der Waals surface area contributed by atoms with Crippen molar-refractivity contribution in [1.82, 2.24) is 0 Å². The van der Waals surface area contributed by atoms with E-state index in [1.165, 1.54) is 11.1 Å². The molecule has 0 aliphatic carbocycles. The Morgan fingerprint density at radius 1 is 0.423 bits per heavy atom. The number of aromatic nitrogens is 2. The molecule has 0 unspecified atom stereocenters. The molecular formula is C22H16Br2N2+2. The van der Waals surface area contributed by atoms with Crippen molar-refractivity contribution >= 4 is 31.9 Å². The standard InChI is InChI=1S/C22H16Br2N2/c23-19-1-5-21(6-2-19)25-13-9-17(10-14-25)18-11-15-26(16-12-18)22-7-3-20(24)4-8-22/h1-16H/q+2. The first-order valence-electron chi connectivity index (χ1n) is 8.24. The molecule has 0 saturated carbocycles. The van der Waals surface area contributed by atoms with Crippen molar-refractivity contribution < 1.29 is 9.13 Å². The highest BCUT2D eigenvalue weighted by Crippen LogP contribution is 2.17. The van der Waals surface area contributed by atoms with Crippen molar-refractivity contribution in [2.75, 3.05) is 0 Å². The lowest BCUT2D eigenvalue weighted by Gasteiger charge is -2.01. The fraction of sp³-hybridized carbons (Fsp3) is 0. The second-order valence-electron chi connectivity index (χ2n) is 5.94. The summed E-state index contributed by atoms with van der Waals surface area (Å²) < 4.78 is 6.39. The molecule has 2 heterocycles. The normalized spacial score (nSPS) is 10.7. The Morgan fingerprint density at radius 2 is 0.731 bits per heavy atom. The highest BCUT2D eigenvalue weighted by Gasteiger charge is 2.09. The maximum atomic E-state index is 3.47. The number of benzene rings is 2. The zero-order chi connectivity index (χ0) is 17.9. The first-order valence-corrected chi connectivity index (χ1v) is 9.82. The molecule has 4 rings (SSSR count). The van der Waals surface area contributed by atoms with Crippen molar-refractivity contribution in [2.24, 2.45) is 0 Å². The second-order valence-corrected chi connectivity index (χ2v) is 7.77. The third-order valence-corrected chi connectivity index (χ3v) is 5.30. The predicted octanol–water partition coefficient (Wildman–Crippen LogP) is 5.43.